The van der Waals surface area contributed by atoms with E-state index in [1.807, 2.05) is 19.9 Å². The summed E-state index contributed by atoms with van der Waals surface area (Å²) in [7, 11) is 0. The van der Waals surface area contributed by atoms with Crippen LogP contribution in [0.1, 0.15) is 29.2 Å². The van der Waals surface area contributed by atoms with Crippen LogP contribution in [0.5, 0.6) is 5.75 Å². The summed E-state index contributed by atoms with van der Waals surface area (Å²) in [6.45, 7) is 6.83. The first-order valence-electron chi connectivity index (χ1n) is 6.57. The Labute approximate surface area is 120 Å². The van der Waals surface area contributed by atoms with E-state index in [0.29, 0.717) is 6.61 Å². The molecule has 0 aliphatic carbocycles. The average Bonchev–Trinajstić information content (AvgIpc) is 2.37. The van der Waals surface area contributed by atoms with Gasteiger partial charge in [-0.1, -0.05) is 35.9 Å². The second kappa shape index (κ2) is 6.12. The van der Waals surface area contributed by atoms with Crippen LogP contribution in [0.25, 0.3) is 0 Å². The van der Waals surface area contributed by atoms with Gasteiger partial charge in [0.15, 0.2) is 0 Å². The molecule has 0 radical (unpaired) electrons. The molecular weight excluding hydrogens is 256 g/mol. The number of benzene rings is 2. The lowest BCUT2D eigenvalue weighted by Crippen LogP contribution is -1.96. The minimum Gasteiger partial charge on any atom is -0.494 e. The zero-order valence-electron chi connectivity index (χ0n) is 11.7. The maximum Gasteiger partial charge on any atom is 0.122 e. The van der Waals surface area contributed by atoms with E-state index >= 15 is 0 Å². The molecule has 0 saturated heterocycles. The fourth-order valence-electron chi connectivity index (χ4n) is 2.19. The summed E-state index contributed by atoms with van der Waals surface area (Å²) in [5.41, 5.74) is 4.89. The Morgan fingerprint density at radius 1 is 0.947 bits per heavy atom. The maximum absolute atomic E-state index is 6.05. The number of aryl methyl sites for hydroxylation is 2. The van der Waals surface area contributed by atoms with Crippen molar-refractivity contribution in [3.05, 3.63) is 63.7 Å². The molecule has 0 spiro atoms. The summed E-state index contributed by atoms with van der Waals surface area (Å²) in [4.78, 5) is 0. The van der Waals surface area contributed by atoms with Crippen molar-refractivity contribution < 1.29 is 4.74 Å². The molecule has 1 nitrogen and oxygen atoms in total. The van der Waals surface area contributed by atoms with Crippen LogP contribution in [0, 0.1) is 13.8 Å². The van der Waals surface area contributed by atoms with E-state index in [9.17, 15) is 0 Å². The summed E-state index contributed by atoms with van der Waals surface area (Å²) in [5, 5.41) is 0.826. The fraction of sp³-hybridized carbons (Fsp3) is 0.294. The van der Waals surface area contributed by atoms with Crippen molar-refractivity contribution in [1.82, 2.24) is 0 Å². The lowest BCUT2D eigenvalue weighted by atomic mass is 10.0. The summed E-state index contributed by atoms with van der Waals surface area (Å²) >= 11 is 6.05. The number of hydrogen-bond acceptors (Lipinski definition) is 1. The molecule has 0 amide bonds. The molecule has 0 heterocycles. The van der Waals surface area contributed by atoms with Gasteiger partial charge in [-0.05, 0) is 61.6 Å². The van der Waals surface area contributed by atoms with Gasteiger partial charge in [0.05, 0.1) is 6.61 Å². The van der Waals surface area contributed by atoms with Gasteiger partial charge in [0, 0.05) is 5.02 Å². The predicted octanol–water partition coefficient (Wildman–Crippen LogP) is 4.95. The van der Waals surface area contributed by atoms with Crippen molar-refractivity contribution in [2.45, 2.75) is 27.2 Å². The van der Waals surface area contributed by atoms with Gasteiger partial charge >= 0.3 is 0 Å². The largest absolute Gasteiger partial charge is 0.494 e. The van der Waals surface area contributed by atoms with E-state index < -0.39 is 0 Å². The van der Waals surface area contributed by atoms with Crippen molar-refractivity contribution in [3.8, 4) is 5.75 Å². The number of halogens is 1. The predicted molar refractivity (Wildman–Crippen MR) is 81.3 cm³/mol. The quantitative estimate of drug-likeness (QED) is 0.767. The van der Waals surface area contributed by atoms with E-state index in [1.54, 1.807) is 0 Å². The second-order valence-electron chi connectivity index (χ2n) is 4.79. The molecule has 0 bridgehead atoms. The van der Waals surface area contributed by atoms with Crippen molar-refractivity contribution in [1.29, 1.82) is 0 Å². The number of hydrogen-bond donors (Lipinski definition) is 0. The minimum absolute atomic E-state index is 0.705. The lowest BCUT2D eigenvalue weighted by Gasteiger charge is -2.10. The third kappa shape index (κ3) is 3.51. The van der Waals surface area contributed by atoms with E-state index in [4.69, 9.17) is 16.3 Å². The topological polar surface area (TPSA) is 9.23 Å². The molecule has 0 aliphatic heterocycles. The molecule has 0 aliphatic rings. The van der Waals surface area contributed by atoms with Crippen LogP contribution in [0.4, 0.5) is 0 Å². The SMILES string of the molecule is CCOc1ccc(Cc2ccc(Cl)c(C)c2)cc1C. The monoisotopic (exact) mass is 274 g/mol. The van der Waals surface area contributed by atoms with Crippen LogP contribution < -0.4 is 4.74 Å². The van der Waals surface area contributed by atoms with Crippen LogP contribution in [0.3, 0.4) is 0 Å². The first kappa shape index (κ1) is 14.0. The van der Waals surface area contributed by atoms with E-state index in [0.717, 1.165) is 22.8 Å². The van der Waals surface area contributed by atoms with Crippen molar-refractivity contribution >= 4 is 11.6 Å². The van der Waals surface area contributed by atoms with Gasteiger partial charge in [-0.3, -0.25) is 0 Å². The standard InChI is InChI=1S/C17H19ClO/c1-4-19-17-8-6-15(10-13(17)3)11-14-5-7-16(18)12(2)9-14/h5-10H,4,11H2,1-3H3. The summed E-state index contributed by atoms with van der Waals surface area (Å²) < 4.78 is 5.56. The van der Waals surface area contributed by atoms with Gasteiger partial charge in [-0.2, -0.15) is 0 Å². The Kier molecular flexibility index (Phi) is 4.49. The van der Waals surface area contributed by atoms with Crippen LogP contribution in [0.15, 0.2) is 36.4 Å². The maximum atomic E-state index is 6.05. The van der Waals surface area contributed by atoms with Crippen LogP contribution in [-0.4, -0.2) is 6.61 Å². The van der Waals surface area contributed by atoms with Crippen LogP contribution in [0.2, 0.25) is 5.02 Å². The normalized spacial score (nSPS) is 10.5. The molecular formula is C17H19ClO. The van der Waals surface area contributed by atoms with Crippen molar-refractivity contribution in [3.63, 3.8) is 0 Å². The second-order valence-corrected chi connectivity index (χ2v) is 5.20. The Bertz CT molecular complexity index is 575. The third-order valence-electron chi connectivity index (χ3n) is 3.17. The zero-order chi connectivity index (χ0) is 13.8. The van der Waals surface area contributed by atoms with Gasteiger partial charge in [0.2, 0.25) is 0 Å². The highest BCUT2D eigenvalue weighted by Crippen LogP contribution is 2.22. The molecule has 0 atom stereocenters. The lowest BCUT2D eigenvalue weighted by molar-refractivity contribution is 0.338. The zero-order valence-corrected chi connectivity index (χ0v) is 12.4. The molecule has 19 heavy (non-hydrogen) atoms. The van der Waals surface area contributed by atoms with Gasteiger partial charge in [-0.25, -0.2) is 0 Å². The Morgan fingerprint density at radius 2 is 1.58 bits per heavy atom. The molecule has 0 N–H and O–H groups in total. The molecule has 0 aromatic heterocycles. The van der Waals surface area contributed by atoms with Crippen LogP contribution >= 0.6 is 11.6 Å². The Morgan fingerprint density at radius 3 is 2.16 bits per heavy atom. The minimum atomic E-state index is 0.705. The van der Waals surface area contributed by atoms with Gasteiger partial charge in [0.1, 0.15) is 5.75 Å². The van der Waals surface area contributed by atoms with E-state index in [1.165, 1.54) is 16.7 Å². The smallest absolute Gasteiger partial charge is 0.122 e. The first-order chi connectivity index (χ1) is 9.10. The molecule has 0 saturated carbocycles. The highest BCUT2D eigenvalue weighted by molar-refractivity contribution is 6.31. The summed E-state index contributed by atoms with van der Waals surface area (Å²) in [6, 6.07) is 12.6. The fourth-order valence-corrected chi connectivity index (χ4v) is 2.31. The molecule has 0 fully saturated rings. The third-order valence-corrected chi connectivity index (χ3v) is 3.59. The van der Waals surface area contributed by atoms with Gasteiger partial charge < -0.3 is 4.74 Å². The Balaban J connectivity index is 2.19. The molecule has 0 unspecified atom stereocenters. The molecule has 2 rings (SSSR count). The molecule has 100 valence electrons. The highest BCUT2D eigenvalue weighted by Gasteiger charge is 2.03. The van der Waals surface area contributed by atoms with Crippen molar-refractivity contribution in [2.24, 2.45) is 0 Å². The van der Waals surface area contributed by atoms with Gasteiger partial charge in [-0.15, -0.1) is 0 Å². The average molecular weight is 275 g/mol. The summed E-state index contributed by atoms with van der Waals surface area (Å²) in [5.74, 6) is 0.971. The van der Waals surface area contributed by atoms with E-state index in [-0.39, 0.29) is 0 Å². The van der Waals surface area contributed by atoms with Gasteiger partial charge in [0.25, 0.3) is 0 Å². The first-order valence-corrected chi connectivity index (χ1v) is 6.95. The Hall–Kier alpha value is -1.47. The van der Waals surface area contributed by atoms with Crippen molar-refractivity contribution in [2.75, 3.05) is 6.61 Å². The van der Waals surface area contributed by atoms with Crippen LogP contribution in [-0.2, 0) is 6.42 Å². The number of ether oxygens (including phenoxy) is 1. The molecule has 2 aromatic rings. The molecule has 2 aromatic carbocycles. The number of rotatable bonds is 4. The molecule has 2 heteroatoms. The van der Waals surface area contributed by atoms with E-state index in [2.05, 4.69) is 37.3 Å². The summed E-state index contributed by atoms with van der Waals surface area (Å²) in [6.07, 6.45) is 0.922. The highest BCUT2D eigenvalue weighted by atomic mass is 35.5.